The van der Waals surface area contributed by atoms with Gasteiger partial charge in [-0.15, -0.1) is 0 Å². The minimum atomic E-state index is -0.805. The Labute approximate surface area is 253 Å². The minimum Gasteiger partial charge on any atom is -0.458 e. The Morgan fingerprint density at radius 2 is 0.977 bits per heavy atom. The molecular formula is C32H30N6O6. The van der Waals surface area contributed by atoms with Crippen LogP contribution < -0.4 is 31.0 Å². The van der Waals surface area contributed by atoms with Crippen LogP contribution in [0.15, 0.2) is 119 Å². The normalized spacial score (nSPS) is 16.3. The Bertz CT molecular complexity index is 1430. The summed E-state index contributed by atoms with van der Waals surface area (Å²) < 4.78 is 23.5. The number of carbonyl (C=O) groups excluding carboxylic acids is 2. The van der Waals surface area contributed by atoms with E-state index in [4.69, 9.17) is 18.9 Å². The van der Waals surface area contributed by atoms with Crippen molar-refractivity contribution in [1.82, 2.24) is 10.9 Å². The molecule has 12 heteroatoms. The zero-order chi connectivity index (χ0) is 30.4. The summed E-state index contributed by atoms with van der Waals surface area (Å²) >= 11 is 0. The van der Waals surface area contributed by atoms with E-state index in [2.05, 4.69) is 31.7 Å². The van der Waals surface area contributed by atoms with E-state index < -0.39 is 24.6 Å². The molecule has 1 heterocycles. The minimum absolute atomic E-state index is 0.353. The number of carbonyl (C=O) groups is 2. The van der Waals surface area contributed by atoms with Crippen LogP contribution in [0.1, 0.15) is 11.1 Å². The van der Waals surface area contributed by atoms with Gasteiger partial charge in [-0.25, -0.2) is 20.4 Å². The quantitative estimate of drug-likeness (QED) is 0.148. The lowest BCUT2D eigenvalue weighted by atomic mass is 10.2. The summed E-state index contributed by atoms with van der Waals surface area (Å²) in [5, 5.41) is 13.3. The molecular weight excluding hydrogens is 564 g/mol. The number of nitrogens with zero attached hydrogens (tertiary/aromatic N) is 2. The van der Waals surface area contributed by atoms with Crippen molar-refractivity contribution >= 4 is 35.9 Å². The van der Waals surface area contributed by atoms with Gasteiger partial charge in [-0.2, -0.15) is 10.2 Å². The number of nitrogens with one attached hydrogen (secondary N) is 4. The number of benzene rings is 4. The molecule has 5 rings (SSSR count). The van der Waals surface area contributed by atoms with Crippen LogP contribution >= 0.6 is 0 Å². The predicted octanol–water partition coefficient (Wildman–Crippen LogP) is 5.15. The van der Waals surface area contributed by atoms with Gasteiger partial charge in [0.25, 0.3) is 12.6 Å². The molecule has 0 aromatic heterocycles. The van der Waals surface area contributed by atoms with Crippen molar-refractivity contribution < 1.29 is 28.5 Å². The molecule has 4 aromatic rings. The zero-order valence-corrected chi connectivity index (χ0v) is 23.5. The number of hydrogen-bond acceptors (Lipinski definition) is 8. The predicted molar refractivity (Wildman–Crippen MR) is 166 cm³/mol. The van der Waals surface area contributed by atoms with E-state index in [0.29, 0.717) is 36.1 Å². The van der Waals surface area contributed by atoms with Crippen molar-refractivity contribution in [1.29, 1.82) is 0 Å². The number of para-hydroxylation sites is 2. The highest BCUT2D eigenvalue weighted by atomic mass is 16.8. The lowest BCUT2D eigenvalue weighted by Gasteiger charge is -2.31. The summed E-state index contributed by atoms with van der Waals surface area (Å²) in [6.45, 7) is 0.707. The van der Waals surface area contributed by atoms with Gasteiger partial charge in [-0.1, -0.05) is 36.4 Å². The van der Waals surface area contributed by atoms with Gasteiger partial charge >= 0.3 is 12.1 Å². The zero-order valence-electron chi connectivity index (χ0n) is 23.5. The molecule has 4 aromatic carbocycles. The van der Waals surface area contributed by atoms with Crippen molar-refractivity contribution in [3.05, 3.63) is 120 Å². The Kier molecular flexibility index (Phi) is 10.5. The smallest absolute Gasteiger partial charge is 0.339 e. The fraction of sp³-hybridized carbons (Fsp3) is 0.125. The number of ether oxygens (including phenoxy) is 4. The second-order valence-electron chi connectivity index (χ2n) is 9.23. The first kappa shape index (κ1) is 29.8. The molecule has 1 fully saturated rings. The molecule has 2 atom stereocenters. The average Bonchev–Trinajstić information content (AvgIpc) is 3.04. The van der Waals surface area contributed by atoms with E-state index in [1.54, 1.807) is 72.8 Å². The van der Waals surface area contributed by atoms with Crippen LogP contribution in [0.25, 0.3) is 0 Å². The number of rotatable bonds is 10. The van der Waals surface area contributed by atoms with Crippen molar-refractivity contribution in [2.24, 2.45) is 10.2 Å². The maximum atomic E-state index is 12.0. The fourth-order valence-corrected chi connectivity index (χ4v) is 3.89. The number of hydrazone groups is 2. The van der Waals surface area contributed by atoms with Crippen LogP contribution in [0.2, 0.25) is 0 Å². The van der Waals surface area contributed by atoms with Crippen LogP contribution in [0, 0.1) is 0 Å². The van der Waals surface area contributed by atoms with E-state index in [1.807, 2.05) is 36.4 Å². The summed E-state index contributed by atoms with van der Waals surface area (Å²) in [4.78, 5) is 23.9. The van der Waals surface area contributed by atoms with Gasteiger partial charge in [0.2, 0.25) is 0 Å². The lowest BCUT2D eigenvalue weighted by Crippen LogP contribution is -2.45. The van der Waals surface area contributed by atoms with Gasteiger partial charge < -0.3 is 29.6 Å². The summed E-state index contributed by atoms with van der Waals surface area (Å²) in [7, 11) is 0. The first-order chi connectivity index (χ1) is 21.6. The highest BCUT2D eigenvalue weighted by Crippen LogP contribution is 2.22. The Hall–Kier alpha value is -5.72. The second-order valence-corrected chi connectivity index (χ2v) is 9.23. The third-order valence-electron chi connectivity index (χ3n) is 5.96. The van der Waals surface area contributed by atoms with E-state index in [1.165, 1.54) is 12.4 Å². The molecule has 1 aliphatic rings. The summed E-state index contributed by atoms with van der Waals surface area (Å²) in [5.41, 5.74) is 7.68. The molecule has 12 nitrogen and oxygen atoms in total. The molecule has 4 amide bonds. The molecule has 0 spiro atoms. The van der Waals surface area contributed by atoms with Gasteiger partial charge in [0.15, 0.2) is 0 Å². The molecule has 4 N–H and O–H groups in total. The molecule has 0 unspecified atom stereocenters. The molecule has 0 radical (unpaired) electrons. The number of hydrogen-bond donors (Lipinski definition) is 4. The maximum absolute atomic E-state index is 12.0. The standard InChI is InChI=1S/C32H30N6O6/c39-31(35-25-7-3-1-4-8-25)37-33-21-23-11-15-27(16-12-23)43-29-30(42-20-19-41-29)44-28-17-13-24(14-18-28)22-34-38-32(40)36-26-9-5-2-6-10-26/h1-18,21-22,29-30H,19-20H2,(H2,35,37,39)(H2,36,38,40)/b33-21-,34-22+/t29-,30-/m0/s1. The summed E-state index contributed by atoms with van der Waals surface area (Å²) in [6, 6.07) is 31.4. The van der Waals surface area contributed by atoms with Gasteiger partial charge in [0.1, 0.15) is 11.5 Å². The maximum Gasteiger partial charge on any atom is 0.339 e. The van der Waals surface area contributed by atoms with Crippen molar-refractivity contribution in [2.75, 3.05) is 23.8 Å². The highest BCUT2D eigenvalue weighted by Gasteiger charge is 2.31. The molecule has 1 saturated heterocycles. The molecule has 44 heavy (non-hydrogen) atoms. The van der Waals surface area contributed by atoms with Crippen molar-refractivity contribution in [3.63, 3.8) is 0 Å². The molecule has 0 aliphatic carbocycles. The van der Waals surface area contributed by atoms with E-state index in [-0.39, 0.29) is 0 Å². The lowest BCUT2D eigenvalue weighted by molar-refractivity contribution is -0.271. The van der Waals surface area contributed by atoms with Crippen LogP contribution in [-0.2, 0) is 9.47 Å². The van der Waals surface area contributed by atoms with E-state index >= 15 is 0 Å². The third kappa shape index (κ3) is 9.41. The van der Waals surface area contributed by atoms with Crippen LogP contribution in [0.4, 0.5) is 21.0 Å². The topological polar surface area (TPSA) is 144 Å². The number of amides is 4. The molecule has 0 saturated carbocycles. The van der Waals surface area contributed by atoms with Gasteiger partial charge in [-0.3, -0.25) is 0 Å². The second kappa shape index (κ2) is 15.5. The number of anilines is 2. The molecule has 224 valence electrons. The third-order valence-corrected chi connectivity index (χ3v) is 5.96. The van der Waals surface area contributed by atoms with Crippen LogP contribution in [-0.4, -0.2) is 50.3 Å². The monoisotopic (exact) mass is 594 g/mol. The summed E-state index contributed by atoms with van der Waals surface area (Å²) in [5.74, 6) is 1.08. The van der Waals surface area contributed by atoms with Gasteiger partial charge in [-0.05, 0) is 83.9 Å². The summed E-state index contributed by atoms with van der Waals surface area (Å²) in [6.07, 6.45) is 1.43. The van der Waals surface area contributed by atoms with Crippen LogP contribution in [0.5, 0.6) is 11.5 Å². The number of urea groups is 2. The largest absolute Gasteiger partial charge is 0.458 e. The van der Waals surface area contributed by atoms with Crippen molar-refractivity contribution in [3.8, 4) is 11.5 Å². The molecule has 1 aliphatic heterocycles. The first-order valence-corrected chi connectivity index (χ1v) is 13.7. The Balaban J connectivity index is 1.08. The highest BCUT2D eigenvalue weighted by molar-refractivity contribution is 5.91. The van der Waals surface area contributed by atoms with Crippen molar-refractivity contribution in [2.45, 2.75) is 12.6 Å². The van der Waals surface area contributed by atoms with Crippen LogP contribution in [0.3, 0.4) is 0 Å². The Morgan fingerprint density at radius 1 is 0.591 bits per heavy atom. The van der Waals surface area contributed by atoms with Gasteiger partial charge in [0.05, 0.1) is 25.6 Å². The SMILES string of the molecule is O=C(N/N=C\c1ccc(O[C@@H]2OCCO[C@H]2Oc2ccc(/C=N/NC(=O)Nc3ccccc3)cc2)cc1)Nc1ccccc1. The van der Waals surface area contributed by atoms with E-state index in [0.717, 1.165) is 11.1 Å². The van der Waals surface area contributed by atoms with E-state index in [9.17, 15) is 9.59 Å². The van der Waals surface area contributed by atoms with Gasteiger partial charge in [0, 0.05) is 11.4 Å². The Morgan fingerprint density at radius 3 is 1.36 bits per heavy atom. The fourth-order valence-electron chi connectivity index (χ4n) is 3.89. The average molecular weight is 595 g/mol. The first-order valence-electron chi connectivity index (χ1n) is 13.7. The molecule has 0 bridgehead atoms.